The van der Waals surface area contributed by atoms with Crippen molar-refractivity contribution >= 4 is 36.0 Å². The maximum Gasteiger partial charge on any atom is 0.239 e. The maximum atomic E-state index is 11.5. The summed E-state index contributed by atoms with van der Waals surface area (Å²) in [6, 6.07) is -0.160. The molecule has 1 rings (SSSR count). The maximum absolute atomic E-state index is 11.5. The fraction of sp³-hybridized carbons (Fsp3) is 0.800. The monoisotopic (exact) mass is 281 g/mol. The van der Waals surface area contributed by atoms with Gasteiger partial charge in [-0.15, -0.1) is 24.2 Å². The molecule has 0 radical (unpaired) electrons. The van der Waals surface area contributed by atoms with Gasteiger partial charge in [-0.3, -0.25) is 14.9 Å². The van der Waals surface area contributed by atoms with Crippen LogP contribution in [0.1, 0.15) is 20.8 Å². The van der Waals surface area contributed by atoms with E-state index in [9.17, 15) is 9.59 Å². The summed E-state index contributed by atoms with van der Waals surface area (Å²) in [5.41, 5.74) is -0.261. The first-order valence-electron chi connectivity index (χ1n) is 5.28. The third-order valence-corrected chi connectivity index (χ3v) is 2.91. The average Bonchev–Trinajstić information content (AvgIpc) is 2.64. The number of thioether (sulfide) groups is 1. The van der Waals surface area contributed by atoms with Crippen LogP contribution in [0.25, 0.3) is 0 Å². The van der Waals surface area contributed by atoms with Crippen molar-refractivity contribution in [2.24, 2.45) is 0 Å². The summed E-state index contributed by atoms with van der Waals surface area (Å²) < 4.78 is 0. The quantitative estimate of drug-likeness (QED) is 0.686. The van der Waals surface area contributed by atoms with Crippen LogP contribution in [-0.2, 0) is 9.59 Å². The normalized spacial score (nSPS) is 19.4. The summed E-state index contributed by atoms with van der Waals surface area (Å²) in [7, 11) is 0. The molecule has 3 N–H and O–H groups in total. The van der Waals surface area contributed by atoms with Crippen molar-refractivity contribution in [3.05, 3.63) is 0 Å². The summed E-state index contributed by atoms with van der Waals surface area (Å²) >= 11 is 1.68. The van der Waals surface area contributed by atoms with Crippen molar-refractivity contribution < 1.29 is 9.59 Å². The van der Waals surface area contributed by atoms with Gasteiger partial charge in [0.15, 0.2) is 0 Å². The molecule has 1 heterocycles. The van der Waals surface area contributed by atoms with Crippen LogP contribution < -0.4 is 16.0 Å². The molecular weight excluding hydrogens is 262 g/mol. The van der Waals surface area contributed by atoms with Crippen LogP contribution in [-0.4, -0.2) is 41.6 Å². The van der Waals surface area contributed by atoms with E-state index < -0.39 is 0 Å². The average molecular weight is 282 g/mol. The summed E-state index contributed by atoms with van der Waals surface area (Å²) in [4.78, 5) is 23.0. The molecule has 0 aliphatic carbocycles. The van der Waals surface area contributed by atoms with Gasteiger partial charge in [0.1, 0.15) is 0 Å². The SMILES string of the molecule is CC(C)(C)NC(=O)CNC(=O)C1CSCN1.Cl. The van der Waals surface area contributed by atoms with Gasteiger partial charge < -0.3 is 10.6 Å². The smallest absolute Gasteiger partial charge is 0.239 e. The van der Waals surface area contributed by atoms with E-state index in [1.807, 2.05) is 20.8 Å². The van der Waals surface area contributed by atoms with Crippen LogP contribution in [0.2, 0.25) is 0 Å². The first-order chi connectivity index (χ1) is 7.38. The molecule has 0 aromatic rings. The highest BCUT2D eigenvalue weighted by Gasteiger charge is 2.23. The highest BCUT2D eigenvalue weighted by molar-refractivity contribution is 7.99. The Balaban J connectivity index is 0.00000256. The Morgan fingerprint density at radius 3 is 2.53 bits per heavy atom. The molecule has 0 bridgehead atoms. The molecule has 2 amide bonds. The van der Waals surface area contributed by atoms with Crippen molar-refractivity contribution in [3.8, 4) is 0 Å². The molecule has 1 fully saturated rings. The molecule has 17 heavy (non-hydrogen) atoms. The van der Waals surface area contributed by atoms with Gasteiger partial charge in [0, 0.05) is 17.2 Å². The topological polar surface area (TPSA) is 70.2 Å². The van der Waals surface area contributed by atoms with Gasteiger partial charge in [-0.2, -0.15) is 0 Å². The standard InChI is InChI=1S/C10H19N3O2S.ClH/c1-10(2,3)13-8(14)4-11-9(15)7-5-16-6-12-7;/h7,12H,4-6H2,1-3H3,(H,11,15)(H,13,14);1H. The van der Waals surface area contributed by atoms with Crippen molar-refractivity contribution in [1.29, 1.82) is 0 Å². The second-order valence-corrected chi connectivity index (χ2v) is 5.82. The lowest BCUT2D eigenvalue weighted by atomic mass is 10.1. The van der Waals surface area contributed by atoms with Crippen molar-refractivity contribution in [2.45, 2.75) is 32.4 Å². The molecule has 1 aliphatic rings. The van der Waals surface area contributed by atoms with E-state index in [-0.39, 0.29) is 42.3 Å². The van der Waals surface area contributed by atoms with Crippen LogP contribution in [0.15, 0.2) is 0 Å². The van der Waals surface area contributed by atoms with Crippen LogP contribution >= 0.6 is 24.2 Å². The molecule has 0 spiro atoms. The van der Waals surface area contributed by atoms with E-state index in [2.05, 4.69) is 16.0 Å². The third kappa shape index (κ3) is 6.75. The number of nitrogens with one attached hydrogen (secondary N) is 3. The van der Waals surface area contributed by atoms with Gasteiger partial charge in [-0.1, -0.05) is 0 Å². The Labute approximate surface area is 112 Å². The lowest BCUT2D eigenvalue weighted by molar-refractivity contribution is -0.127. The van der Waals surface area contributed by atoms with Gasteiger partial charge >= 0.3 is 0 Å². The molecule has 100 valence electrons. The zero-order valence-corrected chi connectivity index (χ0v) is 12.0. The summed E-state index contributed by atoms with van der Waals surface area (Å²) in [6.07, 6.45) is 0. The fourth-order valence-corrected chi connectivity index (χ4v) is 2.26. The molecule has 1 saturated heterocycles. The highest BCUT2D eigenvalue weighted by atomic mass is 35.5. The zero-order valence-electron chi connectivity index (χ0n) is 10.3. The van der Waals surface area contributed by atoms with Crippen molar-refractivity contribution in [3.63, 3.8) is 0 Å². The Kier molecular flexibility index (Phi) is 6.89. The second-order valence-electron chi connectivity index (χ2n) is 4.79. The van der Waals surface area contributed by atoms with Gasteiger partial charge in [0.25, 0.3) is 0 Å². The molecule has 0 aromatic heterocycles. The predicted octanol–water partition coefficient (Wildman–Crippen LogP) is 0.102. The molecule has 0 saturated carbocycles. The van der Waals surface area contributed by atoms with Gasteiger partial charge in [-0.05, 0) is 20.8 Å². The van der Waals surface area contributed by atoms with Crippen LogP contribution in [0.5, 0.6) is 0 Å². The Morgan fingerprint density at radius 1 is 1.41 bits per heavy atom. The number of hydrogen-bond donors (Lipinski definition) is 3. The number of carbonyl (C=O) groups excluding carboxylic acids is 2. The van der Waals surface area contributed by atoms with Gasteiger partial charge in [0.05, 0.1) is 12.6 Å². The lowest BCUT2D eigenvalue weighted by Gasteiger charge is -2.20. The number of amides is 2. The minimum atomic E-state index is -0.261. The third-order valence-electron chi connectivity index (χ3n) is 1.97. The fourth-order valence-electron chi connectivity index (χ4n) is 1.32. The minimum absolute atomic E-state index is 0. The summed E-state index contributed by atoms with van der Waals surface area (Å²) in [6.45, 7) is 5.75. The number of carbonyl (C=O) groups is 2. The van der Waals surface area contributed by atoms with E-state index in [0.29, 0.717) is 0 Å². The van der Waals surface area contributed by atoms with Crippen molar-refractivity contribution in [1.82, 2.24) is 16.0 Å². The first kappa shape index (κ1) is 16.5. The largest absolute Gasteiger partial charge is 0.350 e. The van der Waals surface area contributed by atoms with E-state index in [1.54, 1.807) is 11.8 Å². The highest BCUT2D eigenvalue weighted by Crippen LogP contribution is 2.08. The molecule has 7 heteroatoms. The zero-order chi connectivity index (χ0) is 12.2. The molecule has 0 aromatic carbocycles. The lowest BCUT2D eigenvalue weighted by Crippen LogP contribution is -2.49. The predicted molar refractivity (Wildman–Crippen MR) is 72.4 cm³/mol. The second kappa shape index (κ2) is 7.08. The number of halogens is 1. The Hall–Kier alpha value is -0.460. The molecule has 5 nitrogen and oxygen atoms in total. The first-order valence-corrected chi connectivity index (χ1v) is 6.44. The van der Waals surface area contributed by atoms with E-state index in [4.69, 9.17) is 0 Å². The van der Waals surface area contributed by atoms with Crippen molar-refractivity contribution in [2.75, 3.05) is 18.2 Å². The Bertz CT molecular complexity index is 275. The molecular formula is C10H20ClN3O2S. The van der Waals surface area contributed by atoms with E-state index in [0.717, 1.165) is 11.6 Å². The summed E-state index contributed by atoms with van der Waals surface area (Å²) in [5.74, 6) is 1.31. The van der Waals surface area contributed by atoms with Gasteiger partial charge in [-0.25, -0.2) is 0 Å². The number of hydrogen-bond acceptors (Lipinski definition) is 4. The van der Waals surface area contributed by atoms with E-state index >= 15 is 0 Å². The molecule has 1 atom stereocenters. The molecule has 1 aliphatic heterocycles. The van der Waals surface area contributed by atoms with Crippen LogP contribution in [0, 0.1) is 0 Å². The number of rotatable bonds is 3. The van der Waals surface area contributed by atoms with Gasteiger partial charge in [0.2, 0.25) is 11.8 Å². The molecule has 1 unspecified atom stereocenters. The minimum Gasteiger partial charge on any atom is -0.350 e. The van der Waals surface area contributed by atoms with Crippen LogP contribution in [0.4, 0.5) is 0 Å². The van der Waals surface area contributed by atoms with E-state index in [1.165, 1.54) is 0 Å². The Morgan fingerprint density at radius 2 is 2.06 bits per heavy atom. The summed E-state index contributed by atoms with van der Waals surface area (Å²) in [5, 5.41) is 8.45. The van der Waals surface area contributed by atoms with Crippen LogP contribution in [0.3, 0.4) is 0 Å².